The summed E-state index contributed by atoms with van der Waals surface area (Å²) < 4.78 is 0. The molecule has 210 valence electrons. The van der Waals surface area contributed by atoms with Crippen molar-refractivity contribution < 1.29 is 4.79 Å². The van der Waals surface area contributed by atoms with Crippen LogP contribution in [0.3, 0.4) is 0 Å². The Balaban J connectivity index is 1.10. The van der Waals surface area contributed by atoms with Crippen LogP contribution in [0.2, 0.25) is 0 Å². The van der Waals surface area contributed by atoms with Crippen molar-refractivity contribution in [2.75, 3.05) is 68.4 Å². The van der Waals surface area contributed by atoms with Crippen molar-refractivity contribution in [3.05, 3.63) is 59.3 Å². The maximum atomic E-state index is 13.3. The molecule has 3 aliphatic heterocycles. The Morgan fingerprint density at radius 3 is 2.52 bits per heavy atom. The number of rotatable bonds is 4. The number of likely N-dealkylation sites (N-methyl/N-ethyl adjacent to an activating group) is 1. The topological polar surface area (TPSA) is 107 Å². The quantitative estimate of drug-likeness (QED) is 0.519. The fraction of sp³-hybridized carbons (Fsp3) is 0.467. The Hall–Kier alpha value is -3.92. The maximum absolute atomic E-state index is 13.3. The van der Waals surface area contributed by atoms with Gasteiger partial charge in [-0.3, -0.25) is 0 Å². The molecule has 5 heterocycles. The third-order valence-corrected chi connectivity index (χ3v) is 8.46. The Morgan fingerprint density at radius 2 is 1.75 bits per heavy atom. The molecule has 0 radical (unpaired) electrons. The molecule has 3 N–H and O–H groups in total. The van der Waals surface area contributed by atoms with Crippen LogP contribution in [-0.4, -0.2) is 89.7 Å². The minimum atomic E-state index is 0.0205. The minimum absolute atomic E-state index is 0.0205. The predicted molar refractivity (Wildman–Crippen MR) is 158 cm³/mol. The molecule has 2 saturated heterocycles. The number of pyridine rings is 1. The number of nitrogens with zero attached hydrogens (tertiary/aromatic N) is 7. The van der Waals surface area contributed by atoms with Crippen LogP contribution in [0.15, 0.2) is 42.6 Å². The van der Waals surface area contributed by atoms with E-state index in [1.807, 2.05) is 23.2 Å². The second-order valence-electron chi connectivity index (χ2n) is 11.3. The van der Waals surface area contributed by atoms with Crippen molar-refractivity contribution in [1.29, 1.82) is 0 Å². The predicted octanol–water partition coefficient (Wildman–Crippen LogP) is 2.92. The summed E-state index contributed by atoms with van der Waals surface area (Å²) >= 11 is 0. The van der Waals surface area contributed by atoms with Gasteiger partial charge in [-0.1, -0.05) is 18.2 Å². The molecule has 10 nitrogen and oxygen atoms in total. The first-order valence-electron chi connectivity index (χ1n) is 14.3. The molecule has 10 heteroatoms. The highest BCUT2D eigenvalue weighted by Crippen LogP contribution is 2.28. The molecule has 6 rings (SSSR count). The van der Waals surface area contributed by atoms with Gasteiger partial charge in [0.1, 0.15) is 11.6 Å². The highest BCUT2D eigenvalue weighted by Gasteiger charge is 2.27. The summed E-state index contributed by atoms with van der Waals surface area (Å²) in [7, 11) is 2.14. The van der Waals surface area contributed by atoms with Crippen molar-refractivity contribution in [2.45, 2.75) is 38.8 Å². The van der Waals surface area contributed by atoms with Crippen molar-refractivity contribution in [3.8, 4) is 11.3 Å². The molecule has 0 aliphatic carbocycles. The number of nitrogens with one attached hydrogen (secondary N) is 1. The highest BCUT2D eigenvalue weighted by molar-refractivity contribution is 5.75. The Bertz CT molecular complexity index is 1360. The summed E-state index contributed by atoms with van der Waals surface area (Å²) in [4.78, 5) is 35.8. The minimum Gasteiger partial charge on any atom is -0.368 e. The molecule has 0 saturated carbocycles. The SMILES string of the molecule is Cc1cccnc1N1CCC(NC(=O)N2CCc3ccc(-c4cc(N5CCN(C)CC5)nc(N)n4)cc3C2)CC1. The van der Waals surface area contributed by atoms with Gasteiger partial charge in [-0.2, -0.15) is 4.98 Å². The van der Waals surface area contributed by atoms with Crippen LogP contribution in [0.4, 0.5) is 22.4 Å². The summed E-state index contributed by atoms with van der Waals surface area (Å²) in [6.45, 7) is 9.04. The van der Waals surface area contributed by atoms with E-state index in [0.29, 0.717) is 6.54 Å². The largest absolute Gasteiger partial charge is 0.368 e. The molecule has 1 aromatic carbocycles. The normalized spacial score (nSPS) is 18.5. The van der Waals surface area contributed by atoms with E-state index in [9.17, 15) is 4.79 Å². The summed E-state index contributed by atoms with van der Waals surface area (Å²) in [6.07, 6.45) is 4.53. The average molecular weight is 542 g/mol. The van der Waals surface area contributed by atoms with Crippen LogP contribution in [0.5, 0.6) is 0 Å². The van der Waals surface area contributed by atoms with Gasteiger partial charge >= 0.3 is 6.03 Å². The zero-order valence-corrected chi connectivity index (χ0v) is 23.5. The molecule has 0 spiro atoms. The molecule has 3 aliphatic rings. The fourth-order valence-electron chi connectivity index (χ4n) is 6.00. The number of nitrogen functional groups attached to an aromatic ring is 1. The zero-order chi connectivity index (χ0) is 27.6. The number of piperazine rings is 1. The first-order chi connectivity index (χ1) is 19.4. The van der Waals surface area contributed by atoms with Crippen LogP contribution in [0.25, 0.3) is 11.3 Å². The molecule has 2 amide bonds. The molecule has 0 bridgehead atoms. The first kappa shape index (κ1) is 26.3. The third kappa shape index (κ3) is 5.67. The lowest BCUT2D eigenvalue weighted by molar-refractivity contribution is 0.186. The van der Waals surface area contributed by atoms with E-state index in [4.69, 9.17) is 5.73 Å². The van der Waals surface area contributed by atoms with Gasteiger partial charge in [0.05, 0.1) is 5.69 Å². The number of carbonyl (C=O) groups excluding carboxylic acids is 1. The first-order valence-corrected chi connectivity index (χ1v) is 14.3. The van der Waals surface area contributed by atoms with Gasteiger partial charge in [-0.25, -0.2) is 14.8 Å². The fourth-order valence-corrected chi connectivity index (χ4v) is 6.00. The van der Waals surface area contributed by atoms with Gasteiger partial charge < -0.3 is 30.7 Å². The lowest BCUT2D eigenvalue weighted by Crippen LogP contribution is -2.50. The smallest absolute Gasteiger partial charge is 0.317 e. The molecule has 3 aromatic rings. The number of aryl methyl sites for hydroxylation is 1. The standard InChI is InChI=1S/C30H39N9O/c1-21-4-3-10-32-28(21)38-12-8-25(9-13-38)33-30(40)39-11-7-22-5-6-23(18-24(22)20-39)26-19-27(35-29(31)34-26)37-16-14-36(2)15-17-37/h3-6,10,18-19,25H,7-9,11-17,20H2,1-2H3,(H,33,40)(H2,31,34,35). The van der Waals surface area contributed by atoms with Crippen molar-refractivity contribution >= 4 is 23.6 Å². The highest BCUT2D eigenvalue weighted by atomic mass is 16.2. The van der Waals surface area contributed by atoms with Crippen LogP contribution in [-0.2, 0) is 13.0 Å². The number of benzene rings is 1. The van der Waals surface area contributed by atoms with E-state index in [2.05, 4.69) is 73.2 Å². The monoisotopic (exact) mass is 541 g/mol. The average Bonchev–Trinajstić information content (AvgIpc) is 2.97. The van der Waals surface area contributed by atoms with E-state index in [1.54, 1.807) is 0 Å². The molecule has 40 heavy (non-hydrogen) atoms. The number of anilines is 3. The molecule has 0 unspecified atom stereocenters. The van der Waals surface area contributed by atoms with Crippen LogP contribution >= 0.6 is 0 Å². The Morgan fingerprint density at radius 1 is 0.950 bits per heavy atom. The molecular weight excluding hydrogens is 502 g/mol. The summed E-state index contributed by atoms with van der Waals surface area (Å²) in [5.74, 6) is 2.21. The van der Waals surface area contributed by atoms with Gasteiger partial charge in [0, 0.05) is 76.2 Å². The van der Waals surface area contributed by atoms with Gasteiger partial charge in [0.25, 0.3) is 0 Å². The molecule has 2 aromatic heterocycles. The number of fused-ring (bicyclic) bond motifs is 1. The van der Waals surface area contributed by atoms with Gasteiger partial charge in [0.15, 0.2) is 0 Å². The van der Waals surface area contributed by atoms with Gasteiger partial charge in [-0.15, -0.1) is 0 Å². The summed E-state index contributed by atoms with van der Waals surface area (Å²) in [6, 6.07) is 12.8. The number of hydrogen-bond donors (Lipinski definition) is 2. The number of urea groups is 1. The summed E-state index contributed by atoms with van der Waals surface area (Å²) in [5, 5.41) is 3.30. The van der Waals surface area contributed by atoms with E-state index in [1.165, 1.54) is 11.1 Å². The number of carbonyl (C=O) groups is 1. The van der Waals surface area contributed by atoms with Crippen molar-refractivity contribution in [1.82, 2.24) is 30.1 Å². The van der Waals surface area contributed by atoms with Crippen molar-refractivity contribution in [2.24, 2.45) is 0 Å². The molecular formula is C30H39N9O. The zero-order valence-electron chi connectivity index (χ0n) is 23.5. The Labute approximate surface area is 236 Å². The second-order valence-corrected chi connectivity index (χ2v) is 11.3. The number of hydrogen-bond acceptors (Lipinski definition) is 8. The van der Waals surface area contributed by atoms with Crippen LogP contribution < -0.4 is 20.9 Å². The summed E-state index contributed by atoms with van der Waals surface area (Å²) in [5.41, 5.74) is 11.6. The molecule has 2 fully saturated rings. The Kier molecular flexibility index (Phi) is 7.42. The lowest BCUT2D eigenvalue weighted by Gasteiger charge is -2.36. The number of aromatic nitrogens is 3. The van der Waals surface area contributed by atoms with E-state index >= 15 is 0 Å². The third-order valence-electron chi connectivity index (χ3n) is 8.46. The second kappa shape index (κ2) is 11.3. The van der Waals surface area contributed by atoms with E-state index in [0.717, 1.165) is 93.5 Å². The number of nitrogens with two attached hydrogens (primary N) is 1. The van der Waals surface area contributed by atoms with E-state index in [-0.39, 0.29) is 18.0 Å². The van der Waals surface area contributed by atoms with Crippen LogP contribution in [0.1, 0.15) is 29.5 Å². The van der Waals surface area contributed by atoms with Crippen molar-refractivity contribution in [3.63, 3.8) is 0 Å². The van der Waals surface area contributed by atoms with Crippen LogP contribution in [0, 0.1) is 6.92 Å². The lowest BCUT2D eigenvalue weighted by atomic mass is 9.96. The van der Waals surface area contributed by atoms with Gasteiger partial charge in [-0.05, 0) is 62.1 Å². The number of piperidine rings is 1. The number of amides is 2. The molecule has 0 atom stereocenters. The van der Waals surface area contributed by atoms with Gasteiger partial charge in [0.2, 0.25) is 5.95 Å². The maximum Gasteiger partial charge on any atom is 0.317 e. The van der Waals surface area contributed by atoms with E-state index < -0.39 is 0 Å².